The fourth-order valence-corrected chi connectivity index (χ4v) is 4.30. The summed E-state index contributed by atoms with van der Waals surface area (Å²) in [6.07, 6.45) is -0.161. The van der Waals surface area contributed by atoms with Crippen molar-refractivity contribution >= 4 is 52.2 Å². The number of anilines is 2. The van der Waals surface area contributed by atoms with Crippen molar-refractivity contribution in [3.8, 4) is 5.75 Å². The molecule has 0 spiro atoms. The van der Waals surface area contributed by atoms with E-state index in [1.54, 1.807) is 55.6 Å². The molecule has 2 aromatic carbocycles. The molecule has 1 aromatic heterocycles. The van der Waals surface area contributed by atoms with E-state index in [4.69, 9.17) is 16.3 Å². The van der Waals surface area contributed by atoms with Gasteiger partial charge in [0, 0.05) is 15.6 Å². The summed E-state index contributed by atoms with van der Waals surface area (Å²) in [4.78, 5) is 42.7. The number of amides is 4. The van der Waals surface area contributed by atoms with Crippen LogP contribution in [0.5, 0.6) is 5.75 Å². The summed E-state index contributed by atoms with van der Waals surface area (Å²) in [5, 5.41) is 5.18. The summed E-state index contributed by atoms with van der Waals surface area (Å²) >= 11 is 7.44. The summed E-state index contributed by atoms with van der Waals surface area (Å²) in [6, 6.07) is 15.7. The molecule has 0 radical (unpaired) electrons. The first kappa shape index (κ1) is 21.9. The molecule has 32 heavy (non-hydrogen) atoms. The molecule has 1 fully saturated rings. The average Bonchev–Trinajstić information content (AvgIpc) is 3.38. The molecule has 0 aliphatic carbocycles. The highest BCUT2D eigenvalue weighted by Gasteiger charge is 2.46. The van der Waals surface area contributed by atoms with Crippen molar-refractivity contribution in [3.05, 3.63) is 75.9 Å². The lowest BCUT2D eigenvalue weighted by molar-refractivity contribution is -0.124. The maximum atomic E-state index is 13.2. The minimum Gasteiger partial charge on any atom is -0.497 e. The lowest BCUT2D eigenvalue weighted by atomic mass is 10.1. The quantitative estimate of drug-likeness (QED) is 0.505. The minimum atomic E-state index is -0.918. The third-order valence-electron chi connectivity index (χ3n) is 5.06. The molecule has 9 heteroatoms. The number of urea groups is 1. The smallest absolute Gasteiger partial charge is 0.332 e. The molecule has 3 aromatic rings. The number of imide groups is 1. The molecule has 0 bridgehead atoms. The van der Waals surface area contributed by atoms with Gasteiger partial charge < -0.3 is 15.0 Å². The molecular weight excluding hydrogens is 450 g/mol. The Labute approximate surface area is 194 Å². The van der Waals surface area contributed by atoms with Gasteiger partial charge in [-0.2, -0.15) is 0 Å². The Morgan fingerprint density at radius 3 is 2.44 bits per heavy atom. The summed E-state index contributed by atoms with van der Waals surface area (Å²) < 4.78 is 5.12. The Morgan fingerprint density at radius 1 is 1.09 bits per heavy atom. The molecule has 2 heterocycles. The van der Waals surface area contributed by atoms with Gasteiger partial charge in [-0.15, -0.1) is 11.3 Å². The van der Waals surface area contributed by atoms with Crippen LogP contribution in [0.15, 0.2) is 66.0 Å². The lowest BCUT2D eigenvalue weighted by Crippen LogP contribution is -2.37. The summed E-state index contributed by atoms with van der Waals surface area (Å²) in [6.45, 7) is 0.243. The monoisotopic (exact) mass is 469 g/mol. The number of nitrogens with one attached hydrogen (secondary N) is 1. The predicted octanol–water partition coefficient (Wildman–Crippen LogP) is 4.78. The van der Waals surface area contributed by atoms with Crippen molar-refractivity contribution in [2.24, 2.45) is 0 Å². The molecule has 1 aliphatic heterocycles. The largest absolute Gasteiger partial charge is 0.497 e. The van der Waals surface area contributed by atoms with Crippen LogP contribution in [0.4, 0.5) is 16.2 Å². The molecule has 4 rings (SSSR count). The number of methoxy groups -OCH3 is 1. The normalized spacial score (nSPS) is 15.9. The first-order valence-electron chi connectivity index (χ1n) is 9.82. The second kappa shape index (κ2) is 9.42. The first-order chi connectivity index (χ1) is 15.5. The summed E-state index contributed by atoms with van der Waals surface area (Å²) in [7, 11) is 1.56. The Bertz CT molecular complexity index is 1120. The number of halogens is 1. The molecule has 1 saturated heterocycles. The number of carbonyl (C=O) groups excluding carboxylic acids is 3. The van der Waals surface area contributed by atoms with Crippen molar-refractivity contribution in [2.75, 3.05) is 17.3 Å². The van der Waals surface area contributed by atoms with Crippen LogP contribution in [0, 0.1) is 0 Å². The van der Waals surface area contributed by atoms with E-state index in [2.05, 4.69) is 5.32 Å². The standard InChI is InChI=1S/C23H20ClN3O4S/c1-31-18-10-6-16(7-11-18)25-21(28)13-20-22(29)27(17-8-4-15(24)5-9-17)23(30)26(20)14-19-3-2-12-32-19/h2-12,20H,13-14H2,1H3,(H,25,28)/t20-/m0/s1. The second-order valence-electron chi connectivity index (χ2n) is 7.14. The van der Waals surface area contributed by atoms with E-state index in [0.717, 1.165) is 9.78 Å². The Kier molecular flexibility index (Phi) is 6.43. The number of carbonyl (C=O) groups is 3. The van der Waals surface area contributed by atoms with Gasteiger partial charge >= 0.3 is 6.03 Å². The van der Waals surface area contributed by atoms with Gasteiger partial charge in [0.2, 0.25) is 5.91 Å². The summed E-state index contributed by atoms with van der Waals surface area (Å²) in [5.74, 6) is -0.144. The van der Waals surface area contributed by atoms with E-state index in [0.29, 0.717) is 22.1 Å². The zero-order chi connectivity index (χ0) is 22.7. The maximum Gasteiger partial charge on any atom is 0.332 e. The first-order valence-corrected chi connectivity index (χ1v) is 11.1. The van der Waals surface area contributed by atoms with Gasteiger partial charge in [0.15, 0.2) is 0 Å². The number of ether oxygens (including phenoxy) is 1. The zero-order valence-electron chi connectivity index (χ0n) is 17.2. The predicted molar refractivity (Wildman–Crippen MR) is 124 cm³/mol. The van der Waals surface area contributed by atoms with Crippen molar-refractivity contribution in [1.82, 2.24) is 4.90 Å². The highest BCUT2D eigenvalue weighted by atomic mass is 35.5. The van der Waals surface area contributed by atoms with E-state index in [-0.39, 0.29) is 18.9 Å². The number of rotatable bonds is 7. The number of benzene rings is 2. The molecule has 164 valence electrons. The Hall–Kier alpha value is -3.36. The van der Waals surface area contributed by atoms with Crippen LogP contribution >= 0.6 is 22.9 Å². The van der Waals surface area contributed by atoms with Crippen LogP contribution in [0.3, 0.4) is 0 Å². The topological polar surface area (TPSA) is 79.0 Å². The van der Waals surface area contributed by atoms with E-state index in [1.165, 1.54) is 16.2 Å². The fraction of sp³-hybridized carbons (Fsp3) is 0.174. The molecule has 4 amide bonds. The van der Waals surface area contributed by atoms with E-state index < -0.39 is 18.0 Å². The van der Waals surface area contributed by atoms with E-state index >= 15 is 0 Å². The minimum absolute atomic E-state index is 0.161. The van der Waals surface area contributed by atoms with Crippen LogP contribution in [0.25, 0.3) is 0 Å². The Morgan fingerprint density at radius 2 is 1.81 bits per heavy atom. The SMILES string of the molecule is COc1ccc(NC(=O)C[C@H]2C(=O)N(c3ccc(Cl)cc3)C(=O)N2Cc2cccs2)cc1. The third kappa shape index (κ3) is 4.61. The van der Waals surface area contributed by atoms with Gasteiger partial charge in [0.25, 0.3) is 5.91 Å². The zero-order valence-corrected chi connectivity index (χ0v) is 18.7. The van der Waals surface area contributed by atoms with Crippen LogP contribution < -0.4 is 15.0 Å². The van der Waals surface area contributed by atoms with Crippen LogP contribution in [-0.4, -0.2) is 35.9 Å². The molecule has 7 nitrogen and oxygen atoms in total. The molecular formula is C23H20ClN3O4S. The van der Waals surface area contributed by atoms with Crippen molar-refractivity contribution < 1.29 is 19.1 Å². The van der Waals surface area contributed by atoms with Gasteiger partial charge in [-0.1, -0.05) is 17.7 Å². The maximum absolute atomic E-state index is 13.2. The highest BCUT2D eigenvalue weighted by molar-refractivity contribution is 7.09. The van der Waals surface area contributed by atoms with E-state index in [9.17, 15) is 14.4 Å². The van der Waals surface area contributed by atoms with Crippen molar-refractivity contribution in [3.63, 3.8) is 0 Å². The van der Waals surface area contributed by atoms with Crippen LogP contribution in [0.2, 0.25) is 5.02 Å². The van der Waals surface area contributed by atoms with Crippen molar-refractivity contribution in [2.45, 2.75) is 19.0 Å². The highest BCUT2D eigenvalue weighted by Crippen LogP contribution is 2.30. The molecule has 0 saturated carbocycles. The average molecular weight is 470 g/mol. The molecule has 0 unspecified atom stereocenters. The fourth-order valence-electron chi connectivity index (χ4n) is 3.47. The van der Waals surface area contributed by atoms with Crippen molar-refractivity contribution in [1.29, 1.82) is 0 Å². The summed E-state index contributed by atoms with van der Waals surface area (Å²) in [5.41, 5.74) is 0.991. The lowest BCUT2D eigenvalue weighted by Gasteiger charge is -2.21. The van der Waals surface area contributed by atoms with Gasteiger partial charge in [0.05, 0.1) is 25.8 Å². The molecule has 1 atom stereocenters. The molecule has 1 N–H and O–H groups in total. The van der Waals surface area contributed by atoms with E-state index in [1.807, 2.05) is 17.5 Å². The Balaban J connectivity index is 1.56. The van der Waals surface area contributed by atoms with Gasteiger partial charge in [-0.3, -0.25) is 9.59 Å². The second-order valence-corrected chi connectivity index (χ2v) is 8.61. The number of hydrogen-bond donors (Lipinski definition) is 1. The van der Waals surface area contributed by atoms with Gasteiger partial charge in [-0.25, -0.2) is 9.69 Å². The van der Waals surface area contributed by atoms with Crippen LogP contribution in [-0.2, 0) is 16.1 Å². The number of nitrogens with zero attached hydrogens (tertiary/aromatic N) is 2. The third-order valence-corrected chi connectivity index (χ3v) is 6.18. The number of thiophene rings is 1. The molecule has 1 aliphatic rings. The number of hydrogen-bond acceptors (Lipinski definition) is 5. The van der Waals surface area contributed by atoms with Gasteiger partial charge in [-0.05, 0) is 60.0 Å². The van der Waals surface area contributed by atoms with Crippen LogP contribution in [0.1, 0.15) is 11.3 Å². The van der Waals surface area contributed by atoms with Gasteiger partial charge in [0.1, 0.15) is 11.8 Å².